The molecule has 0 bridgehead atoms. The summed E-state index contributed by atoms with van der Waals surface area (Å²) >= 11 is 5.97. The lowest BCUT2D eigenvalue weighted by atomic mass is 10.2. The number of sulfonamides is 1. The number of hydrogen-bond acceptors (Lipinski definition) is 4. The van der Waals surface area contributed by atoms with Crippen molar-refractivity contribution in [1.29, 1.82) is 0 Å². The average Bonchev–Trinajstić information content (AvgIpc) is 2.54. The quantitative estimate of drug-likeness (QED) is 0.810. The van der Waals surface area contributed by atoms with Gasteiger partial charge in [-0.15, -0.1) is 0 Å². The normalized spacial score (nSPS) is 12.6. The molecule has 0 aromatic heterocycles. The average molecular weight is 354 g/mol. The molecule has 0 aliphatic carbocycles. The zero-order chi connectivity index (χ0) is 16.9. The summed E-state index contributed by atoms with van der Waals surface area (Å²) in [7, 11) is -3.77. The summed E-state index contributed by atoms with van der Waals surface area (Å²) in [4.78, 5) is 12.0. The molecule has 0 aliphatic heterocycles. The number of carbonyl (C=O) groups is 1. The largest absolute Gasteiger partial charge is 0.460 e. The van der Waals surface area contributed by atoms with E-state index in [0.29, 0.717) is 10.6 Å². The number of esters is 1. The van der Waals surface area contributed by atoms with Crippen LogP contribution in [-0.2, 0) is 26.2 Å². The molecule has 7 heteroatoms. The van der Waals surface area contributed by atoms with E-state index in [1.54, 1.807) is 42.5 Å². The lowest BCUT2D eigenvalue weighted by molar-refractivity contribution is -0.146. The van der Waals surface area contributed by atoms with Crippen molar-refractivity contribution in [3.05, 3.63) is 65.2 Å². The highest BCUT2D eigenvalue weighted by atomic mass is 35.5. The van der Waals surface area contributed by atoms with E-state index < -0.39 is 22.0 Å². The van der Waals surface area contributed by atoms with Gasteiger partial charge in [0, 0.05) is 10.6 Å². The van der Waals surface area contributed by atoms with E-state index in [0.717, 1.165) is 0 Å². The molecule has 2 aromatic carbocycles. The van der Waals surface area contributed by atoms with Crippen molar-refractivity contribution in [1.82, 2.24) is 4.72 Å². The first kappa shape index (κ1) is 17.5. The van der Waals surface area contributed by atoms with Gasteiger partial charge in [-0.05, 0) is 25.1 Å². The first-order valence-corrected chi connectivity index (χ1v) is 8.73. The minimum Gasteiger partial charge on any atom is -0.460 e. The van der Waals surface area contributed by atoms with Crippen LogP contribution in [0.15, 0.2) is 59.5 Å². The van der Waals surface area contributed by atoms with E-state index >= 15 is 0 Å². The number of benzene rings is 2. The molecule has 2 aromatic rings. The number of halogens is 1. The van der Waals surface area contributed by atoms with Crippen LogP contribution in [0.4, 0.5) is 0 Å². The van der Waals surface area contributed by atoms with Crippen LogP contribution >= 0.6 is 11.6 Å². The number of carbonyl (C=O) groups excluding carboxylic acids is 1. The lowest BCUT2D eigenvalue weighted by Crippen LogP contribution is -2.39. The summed E-state index contributed by atoms with van der Waals surface area (Å²) < 4.78 is 31.7. The highest BCUT2D eigenvalue weighted by Gasteiger charge is 2.23. The second-order valence-electron chi connectivity index (χ2n) is 4.86. The van der Waals surface area contributed by atoms with Crippen molar-refractivity contribution in [2.75, 3.05) is 0 Å². The maximum atomic E-state index is 12.1. The molecule has 0 heterocycles. The first-order chi connectivity index (χ1) is 10.9. The molecule has 1 N–H and O–H groups in total. The molecule has 0 spiro atoms. The van der Waals surface area contributed by atoms with Crippen molar-refractivity contribution in [3.63, 3.8) is 0 Å². The van der Waals surface area contributed by atoms with Crippen molar-refractivity contribution in [2.45, 2.75) is 24.5 Å². The van der Waals surface area contributed by atoms with Gasteiger partial charge in [0.2, 0.25) is 10.0 Å². The highest BCUT2D eigenvalue weighted by molar-refractivity contribution is 7.89. The third-order valence-electron chi connectivity index (χ3n) is 3.07. The fourth-order valence-electron chi connectivity index (χ4n) is 1.84. The second-order valence-corrected chi connectivity index (χ2v) is 6.98. The fourth-order valence-corrected chi connectivity index (χ4v) is 3.24. The summed E-state index contributed by atoms with van der Waals surface area (Å²) in [5.74, 6) is -0.676. The van der Waals surface area contributed by atoms with Gasteiger partial charge in [0.15, 0.2) is 0 Å². The van der Waals surface area contributed by atoms with Crippen LogP contribution in [0, 0.1) is 0 Å². The van der Waals surface area contributed by atoms with Gasteiger partial charge in [-0.1, -0.05) is 48.0 Å². The van der Waals surface area contributed by atoms with Crippen LogP contribution in [0.25, 0.3) is 0 Å². The Labute approximate surface area is 140 Å². The van der Waals surface area contributed by atoms with Gasteiger partial charge in [0.05, 0.1) is 4.90 Å². The molecule has 0 unspecified atom stereocenters. The zero-order valence-corrected chi connectivity index (χ0v) is 14.0. The fraction of sp³-hybridized carbons (Fsp3) is 0.188. The third-order valence-corrected chi connectivity index (χ3v) is 4.99. The minimum atomic E-state index is -3.77. The van der Waals surface area contributed by atoms with Gasteiger partial charge in [0.25, 0.3) is 0 Å². The second kappa shape index (κ2) is 7.59. The molecule has 1 atom stereocenters. The van der Waals surface area contributed by atoms with Crippen molar-refractivity contribution < 1.29 is 17.9 Å². The Hall–Kier alpha value is -1.89. The SMILES string of the molecule is C[C@H](NS(=O)(=O)c1ccccc1)C(=O)OCc1ccccc1Cl. The molecule has 0 radical (unpaired) electrons. The Kier molecular flexibility index (Phi) is 5.76. The van der Waals surface area contributed by atoms with E-state index in [9.17, 15) is 13.2 Å². The summed E-state index contributed by atoms with van der Waals surface area (Å²) in [6.07, 6.45) is 0. The molecule has 0 saturated heterocycles. The van der Waals surface area contributed by atoms with Gasteiger partial charge in [0.1, 0.15) is 12.6 Å². The van der Waals surface area contributed by atoms with Crippen molar-refractivity contribution in [2.24, 2.45) is 0 Å². The molecular weight excluding hydrogens is 338 g/mol. The maximum Gasteiger partial charge on any atom is 0.324 e. The molecule has 23 heavy (non-hydrogen) atoms. The minimum absolute atomic E-state index is 0.0179. The van der Waals surface area contributed by atoms with Crippen LogP contribution in [0.2, 0.25) is 5.02 Å². The lowest BCUT2D eigenvalue weighted by Gasteiger charge is -2.14. The molecule has 0 saturated carbocycles. The van der Waals surface area contributed by atoms with E-state index in [1.807, 2.05) is 0 Å². The molecule has 2 rings (SSSR count). The van der Waals surface area contributed by atoms with E-state index in [2.05, 4.69) is 4.72 Å². The van der Waals surface area contributed by atoms with Crippen LogP contribution in [0.5, 0.6) is 0 Å². The Morgan fingerprint density at radius 1 is 1.13 bits per heavy atom. The molecule has 0 aliphatic rings. The van der Waals surface area contributed by atoms with Gasteiger partial charge >= 0.3 is 5.97 Å². The molecule has 0 fully saturated rings. The Morgan fingerprint density at radius 3 is 2.39 bits per heavy atom. The predicted octanol–water partition coefficient (Wildman–Crippen LogP) is 2.75. The van der Waals surface area contributed by atoms with Crippen LogP contribution in [0.3, 0.4) is 0 Å². The smallest absolute Gasteiger partial charge is 0.324 e. The maximum absolute atomic E-state index is 12.1. The van der Waals surface area contributed by atoms with E-state index in [1.165, 1.54) is 19.1 Å². The van der Waals surface area contributed by atoms with Crippen LogP contribution in [0.1, 0.15) is 12.5 Å². The van der Waals surface area contributed by atoms with Crippen LogP contribution < -0.4 is 4.72 Å². The Balaban J connectivity index is 1.97. The molecule has 5 nitrogen and oxygen atoms in total. The first-order valence-electron chi connectivity index (χ1n) is 6.87. The van der Waals surface area contributed by atoms with E-state index in [4.69, 9.17) is 16.3 Å². The number of hydrogen-bond donors (Lipinski definition) is 1. The highest BCUT2D eigenvalue weighted by Crippen LogP contribution is 2.16. The summed E-state index contributed by atoms with van der Waals surface area (Å²) in [5.41, 5.74) is 0.653. The monoisotopic (exact) mass is 353 g/mol. The summed E-state index contributed by atoms with van der Waals surface area (Å²) in [6, 6.07) is 13.8. The zero-order valence-electron chi connectivity index (χ0n) is 12.4. The third kappa shape index (κ3) is 4.79. The van der Waals surface area contributed by atoms with Gasteiger partial charge in [-0.3, -0.25) is 4.79 Å². The van der Waals surface area contributed by atoms with Crippen LogP contribution in [-0.4, -0.2) is 20.4 Å². The van der Waals surface area contributed by atoms with Crippen molar-refractivity contribution in [3.8, 4) is 0 Å². The summed E-state index contributed by atoms with van der Waals surface area (Å²) in [5, 5.41) is 0.484. The predicted molar refractivity (Wildman–Crippen MR) is 87.5 cm³/mol. The molecule has 0 amide bonds. The Bertz CT molecular complexity index is 778. The number of nitrogens with one attached hydrogen (secondary N) is 1. The van der Waals surface area contributed by atoms with Gasteiger partial charge in [-0.2, -0.15) is 4.72 Å². The molecular formula is C16H16ClNO4S. The topological polar surface area (TPSA) is 72.5 Å². The summed E-state index contributed by atoms with van der Waals surface area (Å²) in [6.45, 7) is 1.41. The molecule has 122 valence electrons. The van der Waals surface area contributed by atoms with Gasteiger partial charge in [-0.25, -0.2) is 8.42 Å². The Morgan fingerprint density at radius 2 is 1.74 bits per heavy atom. The standard InChI is InChI=1S/C16H16ClNO4S/c1-12(18-23(20,21)14-8-3-2-4-9-14)16(19)22-11-13-7-5-6-10-15(13)17/h2-10,12,18H,11H2,1H3/t12-/m0/s1. The number of ether oxygens (including phenoxy) is 1. The van der Waals surface area contributed by atoms with Crippen molar-refractivity contribution >= 4 is 27.6 Å². The van der Waals surface area contributed by atoms with Gasteiger partial charge < -0.3 is 4.74 Å². The van der Waals surface area contributed by atoms with E-state index in [-0.39, 0.29) is 11.5 Å². The number of rotatable bonds is 6.